The van der Waals surface area contributed by atoms with Crippen LogP contribution in [0.5, 0.6) is 0 Å². The van der Waals surface area contributed by atoms with E-state index in [0.717, 1.165) is 0 Å². The van der Waals surface area contributed by atoms with Crippen LogP contribution in [0.1, 0.15) is 10.5 Å². The van der Waals surface area contributed by atoms with Gasteiger partial charge in [-0.3, -0.25) is 14.6 Å². The fraction of sp³-hybridized carbons (Fsp3) is 0.0476. The van der Waals surface area contributed by atoms with Crippen molar-refractivity contribution in [2.24, 2.45) is 0 Å². The largest absolute Gasteiger partial charge is 0.463 e. The van der Waals surface area contributed by atoms with E-state index in [1.807, 2.05) is 6.07 Å². The zero-order valence-corrected chi connectivity index (χ0v) is 16.3. The Labute approximate surface area is 176 Å². The van der Waals surface area contributed by atoms with Crippen LogP contribution in [-0.2, 0) is 4.79 Å². The molecule has 8 nitrogen and oxygen atoms in total. The highest BCUT2D eigenvalue weighted by molar-refractivity contribution is 6.30. The van der Waals surface area contributed by atoms with E-state index in [1.54, 1.807) is 59.4 Å². The Morgan fingerprint density at radius 1 is 1.10 bits per heavy atom. The number of hydrogen-bond donors (Lipinski definition) is 2. The number of amides is 2. The lowest BCUT2D eigenvalue weighted by Crippen LogP contribution is -2.33. The number of furan rings is 1. The van der Waals surface area contributed by atoms with E-state index < -0.39 is 5.91 Å². The molecule has 2 amide bonds. The van der Waals surface area contributed by atoms with Gasteiger partial charge in [-0.1, -0.05) is 17.7 Å². The summed E-state index contributed by atoms with van der Waals surface area (Å²) in [6.45, 7) is -0.214. The lowest BCUT2D eigenvalue weighted by atomic mass is 10.2. The van der Waals surface area contributed by atoms with Crippen LogP contribution in [0.2, 0.25) is 5.02 Å². The molecule has 0 fully saturated rings. The summed E-state index contributed by atoms with van der Waals surface area (Å²) in [6, 6.07) is 15.6. The summed E-state index contributed by atoms with van der Waals surface area (Å²) in [6.07, 6.45) is 4.65. The molecule has 0 aliphatic carbocycles. The van der Waals surface area contributed by atoms with Gasteiger partial charge in [0.2, 0.25) is 5.91 Å². The predicted octanol–water partition coefficient (Wildman–Crippen LogP) is 3.55. The molecular formula is C21H16ClN5O3. The molecule has 0 aliphatic heterocycles. The van der Waals surface area contributed by atoms with Gasteiger partial charge in [-0.15, -0.1) is 0 Å². The van der Waals surface area contributed by atoms with E-state index in [-0.39, 0.29) is 18.1 Å². The molecule has 0 saturated carbocycles. The van der Waals surface area contributed by atoms with E-state index in [4.69, 9.17) is 16.0 Å². The highest BCUT2D eigenvalue weighted by Gasteiger charge is 2.19. The van der Waals surface area contributed by atoms with E-state index in [2.05, 4.69) is 20.7 Å². The van der Waals surface area contributed by atoms with Crippen molar-refractivity contribution < 1.29 is 14.0 Å². The van der Waals surface area contributed by atoms with E-state index in [9.17, 15) is 9.59 Å². The van der Waals surface area contributed by atoms with Crippen LogP contribution in [0.4, 0.5) is 5.69 Å². The van der Waals surface area contributed by atoms with Gasteiger partial charge in [0.25, 0.3) is 5.91 Å². The molecule has 0 bridgehead atoms. The van der Waals surface area contributed by atoms with Crippen molar-refractivity contribution >= 4 is 29.1 Å². The van der Waals surface area contributed by atoms with Crippen molar-refractivity contribution in [1.82, 2.24) is 20.1 Å². The first-order valence-corrected chi connectivity index (χ1v) is 9.36. The summed E-state index contributed by atoms with van der Waals surface area (Å²) in [5, 5.41) is 10.1. The first kappa shape index (κ1) is 19.4. The molecule has 3 heterocycles. The topological polar surface area (TPSA) is 102 Å². The quantitative estimate of drug-likeness (QED) is 0.495. The van der Waals surface area contributed by atoms with Crippen molar-refractivity contribution in [1.29, 1.82) is 0 Å². The number of nitrogens with zero attached hydrogens (tertiary/aromatic N) is 3. The third kappa shape index (κ3) is 4.39. The second-order valence-corrected chi connectivity index (χ2v) is 6.69. The first-order valence-electron chi connectivity index (χ1n) is 8.98. The Bertz CT molecular complexity index is 1170. The summed E-state index contributed by atoms with van der Waals surface area (Å²) in [7, 11) is 0. The number of carbonyl (C=O) groups excluding carboxylic acids is 2. The summed E-state index contributed by atoms with van der Waals surface area (Å²) >= 11 is 6.10. The van der Waals surface area contributed by atoms with Crippen LogP contribution >= 0.6 is 11.6 Å². The number of aromatic nitrogens is 3. The number of rotatable bonds is 6. The second kappa shape index (κ2) is 8.62. The SMILES string of the molecule is O=C(CNC(=O)c1cc(-c2ccco2)n(-c2cccc(Cl)c2)n1)Nc1cccnc1. The molecule has 30 heavy (non-hydrogen) atoms. The molecule has 0 aliphatic rings. The Morgan fingerprint density at radius 2 is 2.00 bits per heavy atom. The zero-order valence-electron chi connectivity index (χ0n) is 15.6. The Kier molecular flexibility index (Phi) is 5.58. The number of hydrogen-bond acceptors (Lipinski definition) is 5. The molecule has 150 valence electrons. The Balaban J connectivity index is 1.53. The van der Waals surface area contributed by atoms with Gasteiger partial charge in [0.1, 0.15) is 5.69 Å². The number of benzene rings is 1. The maximum absolute atomic E-state index is 12.6. The Morgan fingerprint density at radius 3 is 2.73 bits per heavy atom. The zero-order chi connectivity index (χ0) is 20.9. The standard InChI is InChI=1S/C21H16ClN5O3/c22-14-4-1-6-16(10-14)27-18(19-7-3-9-30-19)11-17(26-27)21(29)24-13-20(28)25-15-5-2-8-23-12-15/h1-12H,13H2,(H,24,29)(H,25,28). The lowest BCUT2D eigenvalue weighted by Gasteiger charge is -2.06. The van der Waals surface area contributed by atoms with Crippen molar-refractivity contribution in [3.8, 4) is 17.1 Å². The van der Waals surface area contributed by atoms with Crippen LogP contribution in [0.25, 0.3) is 17.1 Å². The predicted molar refractivity (Wildman–Crippen MR) is 111 cm³/mol. The van der Waals surface area contributed by atoms with Crippen molar-refractivity contribution in [2.75, 3.05) is 11.9 Å². The molecule has 0 radical (unpaired) electrons. The van der Waals surface area contributed by atoms with Gasteiger partial charge < -0.3 is 15.1 Å². The van der Waals surface area contributed by atoms with E-state index in [1.165, 1.54) is 12.5 Å². The van der Waals surface area contributed by atoms with Crippen LogP contribution < -0.4 is 10.6 Å². The summed E-state index contributed by atoms with van der Waals surface area (Å²) in [5.41, 5.74) is 1.92. The summed E-state index contributed by atoms with van der Waals surface area (Å²) in [5.74, 6) is -0.336. The number of nitrogens with one attached hydrogen (secondary N) is 2. The summed E-state index contributed by atoms with van der Waals surface area (Å²) in [4.78, 5) is 28.6. The molecule has 9 heteroatoms. The van der Waals surface area contributed by atoms with Gasteiger partial charge in [0.05, 0.1) is 30.4 Å². The second-order valence-electron chi connectivity index (χ2n) is 6.26. The van der Waals surface area contributed by atoms with Gasteiger partial charge in [0.15, 0.2) is 11.5 Å². The number of pyridine rings is 1. The highest BCUT2D eigenvalue weighted by atomic mass is 35.5. The molecular weight excluding hydrogens is 406 g/mol. The molecule has 0 unspecified atom stereocenters. The normalized spacial score (nSPS) is 10.6. The first-order chi connectivity index (χ1) is 14.6. The van der Waals surface area contributed by atoms with Gasteiger partial charge in [-0.2, -0.15) is 5.10 Å². The number of anilines is 1. The maximum atomic E-state index is 12.6. The minimum Gasteiger partial charge on any atom is -0.463 e. The number of carbonyl (C=O) groups is 2. The van der Waals surface area contributed by atoms with Gasteiger partial charge >= 0.3 is 0 Å². The monoisotopic (exact) mass is 421 g/mol. The van der Waals surface area contributed by atoms with E-state index in [0.29, 0.717) is 27.9 Å². The van der Waals surface area contributed by atoms with Crippen LogP contribution in [0.15, 0.2) is 77.7 Å². The minimum absolute atomic E-state index is 0.135. The molecule has 4 aromatic rings. The lowest BCUT2D eigenvalue weighted by molar-refractivity contribution is -0.115. The molecule has 0 spiro atoms. The smallest absolute Gasteiger partial charge is 0.272 e. The van der Waals surface area contributed by atoms with Crippen LogP contribution in [0, 0.1) is 0 Å². The van der Waals surface area contributed by atoms with Crippen molar-refractivity contribution in [3.63, 3.8) is 0 Å². The van der Waals surface area contributed by atoms with Crippen molar-refractivity contribution in [2.45, 2.75) is 0 Å². The summed E-state index contributed by atoms with van der Waals surface area (Å²) < 4.78 is 7.04. The van der Waals surface area contributed by atoms with Crippen LogP contribution in [-0.4, -0.2) is 33.1 Å². The fourth-order valence-electron chi connectivity index (χ4n) is 2.79. The fourth-order valence-corrected chi connectivity index (χ4v) is 2.97. The molecule has 4 rings (SSSR count). The molecule has 2 N–H and O–H groups in total. The third-order valence-corrected chi connectivity index (χ3v) is 4.36. The third-order valence-electron chi connectivity index (χ3n) is 4.12. The molecule has 3 aromatic heterocycles. The van der Waals surface area contributed by atoms with Crippen molar-refractivity contribution in [3.05, 3.63) is 84.0 Å². The minimum atomic E-state index is -0.495. The van der Waals surface area contributed by atoms with Gasteiger partial charge in [-0.05, 0) is 42.5 Å². The Hall–Kier alpha value is -3.91. The molecule has 1 aromatic carbocycles. The molecule has 0 saturated heterocycles. The number of halogens is 1. The maximum Gasteiger partial charge on any atom is 0.272 e. The average Bonchev–Trinajstić information content (AvgIpc) is 3.42. The van der Waals surface area contributed by atoms with E-state index >= 15 is 0 Å². The highest BCUT2D eigenvalue weighted by Crippen LogP contribution is 2.25. The van der Waals surface area contributed by atoms with Gasteiger partial charge in [0, 0.05) is 17.3 Å². The van der Waals surface area contributed by atoms with Crippen LogP contribution in [0.3, 0.4) is 0 Å². The average molecular weight is 422 g/mol. The van der Waals surface area contributed by atoms with Gasteiger partial charge in [-0.25, -0.2) is 4.68 Å². The molecule has 0 atom stereocenters.